The second kappa shape index (κ2) is 21.0. The molecule has 0 radical (unpaired) electrons. The first-order valence-corrected chi connectivity index (χ1v) is 10.3. The van der Waals surface area contributed by atoms with Crippen molar-refractivity contribution >= 4 is 17.3 Å². The van der Waals surface area contributed by atoms with Gasteiger partial charge in [-0.25, -0.2) is 5.06 Å². The Labute approximate surface area is 174 Å². The zero-order valence-corrected chi connectivity index (χ0v) is 19.9. The third-order valence-corrected chi connectivity index (χ3v) is 3.20. The Bertz CT molecular complexity index is 586. The molecule has 2 rings (SSSR count). The van der Waals surface area contributed by atoms with Gasteiger partial charge in [0.15, 0.2) is 0 Å². The highest BCUT2D eigenvalue weighted by Crippen LogP contribution is 2.27. The van der Waals surface area contributed by atoms with E-state index in [1.807, 2.05) is 116 Å². The van der Waals surface area contributed by atoms with Crippen molar-refractivity contribution in [3.63, 3.8) is 0 Å². The fourth-order valence-electron chi connectivity index (χ4n) is 1.99. The second-order valence-electron chi connectivity index (χ2n) is 4.40. The molecule has 0 saturated heterocycles. The number of hydrogen-bond donors (Lipinski definition) is 0. The predicted octanol–water partition coefficient (Wildman–Crippen LogP) is 7.19. The van der Waals surface area contributed by atoms with E-state index in [1.165, 1.54) is 12.2 Å². The Morgan fingerprint density at radius 1 is 0.714 bits per heavy atom. The molecule has 4 nitrogen and oxygen atoms in total. The highest BCUT2D eigenvalue weighted by atomic mass is 16.7. The number of rotatable bonds is 4. The summed E-state index contributed by atoms with van der Waals surface area (Å²) in [6, 6.07) is 17.4. The van der Waals surface area contributed by atoms with Crippen LogP contribution >= 0.6 is 0 Å². The molecule has 0 aliphatic carbocycles. The molecule has 160 valence electrons. The van der Waals surface area contributed by atoms with E-state index in [-0.39, 0.29) is 5.91 Å². The molecule has 2 aromatic rings. The number of hydrogen-bond acceptors (Lipinski definition) is 3. The van der Waals surface area contributed by atoms with Crippen LogP contribution in [0.5, 0.6) is 0 Å². The number of amides is 1. The van der Waals surface area contributed by atoms with Crippen LogP contribution in [-0.2, 0) is 4.84 Å². The second-order valence-corrected chi connectivity index (χ2v) is 4.40. The lowest BCUT2D eigenvalue weighted by Gasteiger charge is -2.23. The molecule has 1 amide bonds. The lowest BCUT2D eigenvalue weighted by Crippen LogP contribution is -2.27. The van der Waals surface area contributed by atoms with Gasteiger partial charge >= 0.3 is 0 Å². The molecule has 0 aromatic heterocycles. The number of hydroxylamine groups is 2. The topological polar surface area (TPSA) is 32.8 Å². The van der Waals surface area contributed by atoms with Crippen molar-refractivity contribution in [3.8, 4) is 0 Å². The molecular formula is C24H42N2O2. The van der Waals surface area contributed by atoms with Gasteiger partial charge < -0.3 is 4.90 Å². The number of anilines is 2. The number of carbonyl (C=O) groups is 1. The summed E-state index contributed by atoms with van der Waals surface area (Å²) in [7, 11) is 5.01. The normalized spacial score (nSPS) is 8.11. The molecule has 0 saturated carbocycles. The quantitative estimate of drug-likeness (QED) is 0.518. The minimum atomic E-state index is -0.175. The molecule has 0 N–H and O–H groups in total. The van der Waals surface area contributed by atoms with E-state index in [1.54, 1.807) is 13.1 Å². The van der Waals surface area contributed by atoms with Crippen molar-refractivity contribution in [2.45, 2.75) is 55.4 Å². The monoisotopic (exact) mass is 390 g/mol. The van der Waals surface area contributed by atoms with E-state index >= 15 is 0 Å². The summed E-state index contributed by atoms with van der Waals surface area (Å²) in [5.74, 6) is -0.175. The van der Waals surface area contributed by atoms with E-state index in [9.17, 15) is 4.79 Å². The Hall–Kier alpha value is -2.33. The van der Waals surface area contributed by atoms with Crippen molar-refractivity contribution in [2.24, 2.45) is 0 Å². The Kier molecular flexibility index (Phi) is 22.8. The number of para-hydroxylation sites is 2. The lowest BCUT2D eigenvalue weighted by molar-refractivity contribution is -0.0756. The van der Waals surface area contributed by atoms with Gasteiger partial charge in [0.25, 0.3) is 5.91 Å². The smallest absolute Gasteiger partial charge is 0.279 e. The molecule has 0 unspecified atom stereocenters. The highest BCUT2D eigenvalue weighted by molar-refractivity contribution is 5.99. The molecule has 4 heteroatoms. The van der Waals surface area contributed by atoms with E-state index in [0.717, 1.165) is 11.4 Å². The third-order valence-electron chi connectivity index (χ3n) is 3.20. The molecule has 0 aliphatic heterocycles. The Balaban J connectivity index is -0.000000695. The molecule has 0 spiro atoms. The van der Waals surface area contributed by atoms with E-state index in [2.05, 4.69) is 0 Å². The van der Waals surface area contributed by atoms with E-state index in [0.29, 0.717) is 5.56 Å². The van der Waals surface area contributed by atoms with Crippen LogP contribution in [0.1, 0.15) is 65.7 Å². The minimum absolute atomic E-state index is 0.175. The van der Waals surface area contributed by atoms with Crippen LogP contribution < -0.4 is 4.90 Å². The maximum Gasteiger partial charge on any atom is 0.279 e. The van der Waals surface area contributed by atoms with Crippen molar-refractivity contribution in [2.75, 3.05) is 26.1 Å². The van der Waals surface area contributed by atoms with Crippen LogP contribution in [0.25, 0.3) is 0 Å². The van der Waals surface area contributed by atoms with Crippen LogP contribution in [0, 0.1) is 0 Å². The lowest BCUT2D eigenvalue weighted by atomic mass is 10.1. The summed E-state index contributed by atoms with van der Waals surface area (Å²) in [4.78, 5) is 19.3. The molecule has 0 fully saturated rings. The zero-order valence-electron chi connectivity index (χ0n) is 19.9. The zero-order chi connectivity index (χ0) is 22.5. The molecule has 0 atom stereocenters. The largest absolute Gasteiger partial charge is 0.344 e. The van der Waals surface area contributed by atoms with Gasteiger partial charge in [-0.05, 0) is 24.3 Å². The minimum Gasteiger partial charge on any atom is -0.344 e. The van der Waals surface area contributed by atoms with E-state index < -0.39 is 0 Å². The fraction of sp³-hybridized carbons (Fsp3) is 0.458. The maximum absolute atomic E-state index is 12.3. The molecule has 28 heavy (non-hydrogen) atoms. The summed E-state index contributed by atoms with van der Waals surface area (Å²) in [6.07, 6.45) is 0. The van der Waals surface area contributed by atoms with E-state index in [4.69, 9.17) is 4.84 Å². The predicted molar refractivity (Wildman–Crippen MR) is 125 cm³/mol. The first-order valence-electron chi connectivity index (χ1n) is 10.3. The van der Waals surface area contributed by atoms with Gasteiger partial charge in [-0.1, -0.05) is 85.7 Å². The van der Waals surface area contributed by atoms with Crippen molar-refractivity contribution in [3.05, 3.63) is 60.2 Å². The Morgan fingerprint density at radius 3 is 1.61 bits per heavy atom. The number of nitrogens with zero attached hydrogens (tertiary/aromatic N) is 2. The number of benzene rings is 2. The van der Waals surface area contributed by atoms with Gasteiger partial charge in [0.1, 0.15) is 0 Å². The summed E-state index contributed by atoms with van der Waals surface area (Å²) in [5, 5.41) is 1.22. The van der Waals surface area contributed by atoms with Crippen molar-refractivity contribution < 1.29 is 9.63 Å². The first kappa shape index (κ1) is 30.4. The first-order chi connectivity index (χ1) is 13.6. The molecular weight excluding hydrogens is 348 g/mol. The van der Waals surface area contributed by atoms with Gasteiger partial charge in [-0.2, -0.15) is 0 Å². The summed E-state index contributed by atoms with van der Waals surface area (Å²) in [6.45, 7) is 16.0. The standard InChI is InChI=1S/C16H18N2O2.4C2H6/c1-17(13-9-5-4-6-10-13)15-12-8-7-11-14(15)16(19)18(2)20-3;4*1-2/h4-12H,1-3H3;4*1-2H3. The van der Waals surface area contributed by atoms with Crippen molar-refractivity contribution in [1.82, 2.24) is 5.06 Å². The highest BCUT2D eigenvalue weighted by Gasteiger charge is 2.18. The number of carbonyl (C=O) groups excluding carboxylic acids is 1. The average molecular weight is 391 g/mol. The van der Waals surface area contributed by atoms with Gasteiger partial charge in [-0.3, -0.25) is 9.63 Å². The Morgan fingerprint density at radius 2 is 1.14 bits per heavy atom. The molecule has 0 heterocycles. The summed E-state index contributed by atoms with van der Waals surface area (Å²) in [5.41, 5.74) is 2.46. The van der Waals surface area contributed by atoms with Crippen LogP contribution in [0.4, 0.5) is 11.4 Å². The van der Waals surface area contributed by atoms with Gasteiger partial charge in [-0.15, -0.1) is 0 Å². The molecule has 2 aromatic carbocycles. The summed E-state index contributed by atoms with van der Waals surface area (Å²) < 4.78 is 0. The van der Waals surface area contributed by atoms with Gasteiger partial charge in [0, 0.05) is 19.8 Å². The third kappa shape index (κ3) is 10.1. The summed E-state index contributed by atoms with van der Waals surface area (Å²) >= 11 is 0. The van der Waals surface area contributed by atoms with Crippen LogP contribution in [-0.4, -0.2) is 32.2 Å². The van der Waals surface area contributed by atoms with Crippen molar-refractivity contribution in [1.29, 1.82) is 0 Å². The maximum atomic E-state index is 12.3. The van der Waals surface area contributed by atoms with Crippen LogP contribution in [0.2, 0.25) is 0 Å². The average Bonchev–Trinajstić information content (AvgIpc) is 2.83. The molecule has 0 aliphatic rings. The molecule has 0 bridgehead atoms. The van der Waals surface area contributed by atoms with Gasteiger partial charge in [0.05, 0.1) is 18.4 Å². The van der Waals surface area contributed by atoms with Gasteiger partial charge in [0.2, 0.25) is 0 Å². The van der Waals surface area contributed by atoms with Crippen LogP contribution in [0.15, 0.2) is 54.6 Å². The SMILES string of the molecule is CC.CC.CC.CC.CON(C)C(=O)c1ccccc1N(C)c1ccccc1. The fourth-order valence-corrected chi connectivity index (χ4v) is 1.99. The van der Waals surface area contributed by atoms with Crippen LogP contribution in [0.3, 0.4) is 0 Å².